The minimum atomic E-state index is -0.904. The lowest BCUT2D eigenvalue weighted by atomic mass is 9.91. The van der Waals surface area contributed by atoms with Crippen LogP contribution in [0.3, 0.4) is 0 Å². The van der Waals surface area contributed by atoms with Crippen molar-refractivity contribution in [1.29, 1.82) is 0 Å². The van der Waals surface area contributed by atoms with Gasteiger partial charge in [-0.25, -0.2) is 0 Å². The Morgan fingerprint density at radius 3 is 1.08 bits per heavy atom. The molecule has 8 aromatic rings. The minimum absolute atomic E-state index is 0.522. The summed E-state index contributed by atoms with van der Waals surface area (Å²) >= 11 is 0. The second kappa shape index (κ2) is 12.9. The van der Waals surface area contributed by atoms with Crippen molar-refractivity contribution in [3.63, 3.8) is 0 Å². The highest BCUT2D eigenvalue weighted by molar-refractivity contribution is 5.86. The smallest absolute Gasteiger partial charge is 0.164 e. The Kier molecular flexibility index (Phi) is 7.92. The molecule has 0 radical (unpaired) electrons. The van der Waals surface area contributed by atoms with E-state index in [4.69, 9.17) is 18.9 Å². The molecule has 0 spiro atoms. The number of rotatable bonds is 8. The number of hydrogen-bond donors (Lipinski definition) is 0. The maximum atomic E-state index is 7.07. The van der Waals surface area contributed by atoms with Crippen LogP contribution in [0.25, 0.3) is 43.1 Å². The van der Waals surface area contributed by atoms with Crippen LogP contribution in [0.5, 0.6) is 11.5 Å². The van der Waals surface area contributed by atoms with Crippen LogP contribution in [-0.4, -0.2) is 18.0 Å². The molecule has 8 aromatic carbocycles. The molecule has 1 aliphatic heterocycles. The fourth-order valence-corrected chi connectivity index (χ4v) is 7.48. The van der Waals surface area contributed by atoms with E-state index >= 15 is 0 Å². The Morgan fingerprint density at radius 1 is 0.392 bits per heavy atom. The van der Waals surface area contributed by atoms with Gasteiger partial charge in [-0.2, -0.15) is 0 Å². The standard InChI is InChI=1S/C47H38O4/c1-47(2)50-45(43(39-21-19-31-11-3-7-15-35(31)27-39)48-41-25-23-33-13-5-9-17-37(33)29-41)46(51-47)44(40-22-20-32-12-4-8-16-36(32)28-40)49-42-26-24-34-14-6-10-18-38(34)30-42/h3-30,43-46H,1-2H3/t43?,44?,45-,46-/m0/s1. The highest BCUT2D eigenvalue weighted by Gasteiger charge is 2.51. The Bertz CT molecular complexity index is 2350. The van der Waals surface area contributed by atoms with E-state index in [-0.39, 0.29) is 0 Å². The lowest BCUT2D eigenvalue weighted by Crippen LogP contribution is -2.39. The van der Waals surface area contributed by atoms with E-state index in [0.717, 1.165) is 54.9 Å². The molecule has 0 saturated carbocycles. The summed E-state index contributed by atoms with van der Waals surface area (Å²) in [6.45, 7) is 3.95. The predicted molar refractivity (Wildman–Crippen MR) is 206 cm³/mol. The first-order valence-corrected chi connectivity index (χ1v) is 17.6. The molecule has 4 nitrogen and oxygen atoms in total. The Hall–Kier alpha value is -5.68. The van der Waals surface area contributed by atoms with E-state index < -0.39 is 30.2 Å². The molecular weight excluding hydrogens is 629 g/mol. The van der Waals surface area contributed by atoms with Gasteiger partial charge in [-0.1, -0.05) is 133 Å². The van der Waals surface area contributed by atoms with E-state index in [1.54, 1.807) is 0 Å². The summed E-state index contributed by atoms with van der Waals surface area (Å²) in [5, 5.41) is 9.15. The van der Waals surface area contributed by atoms with Crippen molar-refractivity contribution in [2.45, 2.75) is 44.1 Å². The molecule has 4 atom stereocenters. The van der Waals surface area contributed by atoms with E-state index in [9.17, 15) is 0 Å². The highest BCUT2D eigenvalue weighted by atomic mass is 16.8. The van der Waals surface area contributed by atoms with Gasteiger partial charge in [0.05, 0.1) is 0 Å². The summed E-state index contributed by atoms with van der Waals surface area (Å²) in [4.78, 5) is 0. The van der Waals surface area contributed by atoms with E-state index in [1.807, 2.05) is 26.0 Å². The number of fused-ring (bicyclic) bond motifs is 4. The van der Waals surface area contributed by atoms with Crippen molar-refractivity contribution >= 4 is 43.1 Å². The second-order valence-corrected chi connectivity index (χ2v) is 13.9. The molecule has 4 heteroatoms. The molecule has 0 aromatic heterocycles. The fraction of sp³-hybridized carbons (Fsp3) is 0.149. The van der Waals surface area contributed by atoms with Gasteiger partial charge in [-0.3, -0.25) is 0 Å². The molecule has 0 N–H and O–H groups in total. The zero-order valence-corrected chi connectivity index (χ0v) is 28.6. The first kappa shape index (κ1) is 31.3. The number of ether oxygens (including phenoxy) is 4. The van der Waals surface area contributed by atoms with E-state index in [1.165, 1.54) is 10.8 Å². The van der Waals surface area contributed by atoms with Crippen LogP contribution < -0.4 is 9.47 Å². The largest absolute Gasteiger partial charge is 0.483 e. The van der Waals surface area contributed by atoms with Gasteiger partial charge < -0.3 is 18.9 Å². The molecule has 0 aliphatic carbocycles. The molecule has 1 fully saturated rings. The maximum absolute atomic E-state index is 7.07. The first-order chi connectivity index (χ1) is 25.0. The summed E-state index contributed by atoms with van der Waals surface area (Å²) in [5.41, 5.74) is 2.00. The predicted octanol–water partition coefficient (Wildman–Crippen LogP) is 11.8. The van der Waals surface area contributed by atoms with Gasteiger partial charge in [0.1, 0.15) is 23.7 Å². The normalized spacial score (nSPS) is 18.2. The summed E-state index contributed by atoms with van der Waals surface area (Å²) in [6.07, 6.45) is -2.12. The van der Waals surface area contributed by atoms with Crippen molar-refractivity contribution in [2.24, 2.45) is 0 Å². The molecule has 0 bridgehead atoms. The Labute approximate surface area is 297 Å². The lowest BCUT2D eigenvalue weighted by Gasteiger charge is -2.32. The van der Waals surface area contributed by atoms with Crippen LogP contribution in [0, 0.1) is 0 Å². The van der Waals surface area contributed by atoms with Gasteiger partial charge in [-0.15, -0.1) is 0 Å². The van der Waals surface area contributed by atoms with Crippen molar-refractivity contribution in [3.8, 4) is 11.5 Å². The van der Waals surface area contributed by atoms with Crippen molar-refractivity contribution in [2.75, 3.05) is 0 Å². The summed E-state index contributed by atoms with van der Waals surface area (Å²) in [6, 6.07) is 59.0. The van der Waals surface area contributed by atoms with Crippen LogP contribution in [0.1, 0.15) is 37.2 Å². The number of benzene rings is 8. The van der Waals surface area contributed by atoms with Crippen LogP contribution in [-0.2, 0) is 9.47 Å². The van der Waals surface area contributed by atoms with E-state index in [2.05, 4.69) is 158 Å². The molecule has 1 aliphatic rings. The molecule has 2 unspecified atom stereocenters. The monoisotopic (exact) mass is 666 g/mol. The second-order valence-electron chi connectivity index (χ2n) is 13.9. The highest BCUT2D eigenvalue weighted by Crippen LogP contribution is 2.45. The summed E-state index contributed by atoms with van der Waals surface area (Å²) in [7, 11) is 0. The van der Waals surface area contributed by atoms with Crippen molar-refractivity contribution < 1.29 is 18.9 Å². The summed E-state index contributed by atoms with van der Waals surface area (Å²) in [5.74, 6) is 0.618. The van der Waals surface area contributed by atoms with Crippen molar-refractivity contribution in [1.82, 2.24) is 0 Å². The quantitative estimate of drug-likeness (QED) is 0.162. The van der Waals surface area contributed by atoms with Crippen LogP contribution in [0.2, 0.25) is 0 Å². The van der Waals surface area contributed by atoms with Crippen LogP contribution in [0.4, 0.5) is 0 Å². The average molecular weight is 667 g/mol. The third-order valence-corrected chi connectivity index (χ3v) is 9.93. The average Bonchev–Trinajstić information content (AvgIpc) is 3.49. The Morgan fingerprint density at radius 2 is 0.706 bits per heavy atom. The molecule has 51 heavy (non-hydrogen) atoms. The third kappa shape index (κ3) is 6.29. The molecule has 0 amide bonds. The first-order valence-electron chi connectivity index (χ1n) is 17.6. The molecule has 1 saturated heterocycles. The van der Waals surface area contributed by atoms with Gasteiger partial charge >= 0.3 is 0 Å². The summed E-state index contributed by atoms with van der Waals surface area (Å²) < 4.78 is 28.0. The maximum Gasteiger partial charge on any atom is 0.164 e. The van der Waals surface area contributed by atoms with Crippen LogP contribution in [0.15, 0.2) is 170 Å². The third-order valence-electron chi connectivity index (χ3n) is 9.93. The van der Waals surface area contributed by atoms with Gasteiger partial charge in [0, 0.05) is 0 Å². The van der Waals surface area contributed by atoms with Gasteiger partial charge in [-0.05, 0) is 104 Å². The van der Waals surface area contributed by atoms with Gasteiger partial charge in [0.2, 0.25) is 0 Å². The Balaban J connectivity index is 1.18. The molecule has 9 rings (SSSR count). The van der Waals surface area contributed by atoms with Crippen LogP contribution >= 0.6 is 0 Å². The molecular formula is C47H38O4. The zero-order valence-electron chi connectivity index (χ0n) is 28.6. The fourth-order valence-electron chi connectivity index (χ4n) is 7.48. The van der Waals surface area contributed by atoms with Gasteiger partial charge in [0.15, 0.2) is 18.0 Å². The topological polar surface area (TPSA) is 36.9 Å². The van der Waals surface area contributed by atoms with Gasteiger partial charge in [0.25, 0.3) is 0 Å². The SMILES string of the molecule is CC1(C)O[C@@H](C(Oc2ccc3ccccc3c2)c2ccc3ccccc3c2)[C@H](C(Oc2ccc3ccccc3c2)c2ccc3ccccc3c2)O1. The van der Waals surface area contributed by atoms with Crippen molar-refractivity contribution in [3.05, 3.63) is 181 Å². The number of hydrogen-bond acceptors (Lipinski definition) is 4. The molecule has 250 valence electrons. The molecule has 1 heterocycles. The lowest BCUT2D eigenvalue weighted by molar-refractivity contribution is -0.159. The zero-order chi connectivity index (χ0) is 34.4. The minimum Gasteiger partial charge on any atom is -0.483 e. The van der Waals surface area contributed by atoms with E-state index in [0.29, 0.717) is 0 Å².